The summed E-state index contributed by atoms with van der Waals surface area (Å²) >= 11 is 0. The number of nitrogens with one attached hydrogen (secondary N) is 1. The van der Waals surface area contributed by atoms with Crippen LogP contribution >= 0.6 is 0 Å². The highest BCUT2D eigenvalue weighted by Gasteiger charge is 2.56. The third-order valence-electron chi connectivity index (χ3n) is 4.53. The van der Waals surface area contributed by atoms with Crippen molar-refractivity contribution in [1.29, 1.82) is 0 Å². The summed E-state index contributed by atoms with van der Waals surface area (Å²) in [5.74, 6) is -1.24. The molecule has 3 heterocycles. The fourth-order valence-corrected chi connectivity index (χ4v) is 3.37. The summed E-state index contributed by atoms with van der Waals surface area (Å²) in [5, 5.41) is 13.8. The Balaban J connectivity index is 1.63. The molecule has 3 atom stereocenters. The second-order valence-electron chi connectivity index (χ2n) is 5.83. The summed E-state index contributed by atoms with van der Waals surface area (Å²) in [6, 6.07) is 5.38. The van der Waals surface area contributed by atoms with E-state index in [0.29, 0.717) is 12.2 Å². The van der Waals surface area contributed by atoms with Gasteiger partial charge in [-0.15, -0.1) is 0 Å². The first-order valence-corrected chi connectivity index (χ1v) is 7.22. The summed E-state index contributed by atoms with van der Waals surface area (Å²) in [6.07, 6.45) is 3.56. The molecule has 2 saturated heterocycles. The summed E-state index contributed by atoms with van der Waals surface area (Å²) in [6.45, 7) is 0.492. The topological polar surface area (TPSA) is 102 Å². The van der Waals surface area contributed by atoms with Gasteiger partial charge in [-0.05, 0) is 18.2 Å². The van der Waals surface area contributed by atoms with Gasteiger partial charge in [-0.2, -0.15) is 0 Å². The third kappa shape index (κ3) is 1.99. The molecule has 0 aromatic heterocycles. The first-order chi connectivity index (χ1) is 11.0. The van der Waals surface area contributed by atoms with E-state index in [1.54, 1.807) is 0 Å². The largest absolute Gasteiger partial charge is 0.347 e. The Bertz CT molecular complexity index is 744. The number of imide groups is 1. The molecule has 8 heteroatoms. The zero-order valence-corrected chi connectivity index (χ0v) is 12.0. The van der Waals surface area contributed by atoms with E-state index in [0.717, 1.165) is 4.90 Å². The Morgan fingerprint density at radius 3 is 2.57 bits per heavy atom. The van der Waals surface area contributed by atoms with Crippen molar-refractivity contribution in [3.05, 3.63) is 46.5 Å². The van der Waals surface area contributed by atoms with Gasteiger partial charge in [0.2, 0.25) is 11.8 Å². The molecule has 0 spiro atoms. The number of non-ortho nitro benzene ring substituents is 1. The molecule has 3 unspecified atom stereocenters. The monoisotopic (exact) mass is 315 g/mol. The van der Waals surface area contributed by atoms with Crippen molar-refractivity contribution in [3.8, 4) is 0 Å². The van der Waals surface area contributed by atoms with Gasteiger partial charge in [0.05, 0.1) is 16.5 Å². The van der Waals surface area contributed by atoms with E-state index < -0.39 is 16.4 Å². The molecule has 3 aliphatic rings. The molecular formula is C15H13N3O5. The van der Waals surface area contributed by atoms with Crippen LogP contribution in [-0.2, 0) is 14.3 Å². The highest BCUT2D eigenvalue weighted by molar-refractivity contribution is 6.21. The zero-order chi connectivity index (χ0) is 16.2. The molecule has 2 amide bonds. The molecule has 0 radical (unpaired) electrons. The number of carbonyl (C=O) groups excluding carboxylic acids is 2. The van der Waals surface area contributed by atoms with Crippen molar-refractivity contribution in [2.45, 2.75) is 18.2 Å². The lowest BCUT2D eigenvalue weighted by molar-refractivity contribution is -0.384. The fraction of sp³-hybridized carbons (Fsp3) is 0.333. The molecule has 1 N–H and O–H groups in total. The van der Waals surface area contributed by atoms with E-state index in [9.17, 15) is 19.7 Å². The minimum absolute atomic E-state index is 0.0640. The molecule has 2 bridgehead atoms. The number of hydrogen-bond acceptors (Lipinski definition) is 6. The summed E-state index contributed by atoms with van der Waals surface area (Å²) in [5.41, 5.74) is -0.519. The minimum atomic E-state index is -0.771. The van der Waals surface area contributed by atoms with Crippen LogP contribution in [0, 0.1) is 16.0 Å². The van der Waals surface area contributed by atoms with Gasteiger partial charge in [-0.1, -0.05) is 6.08 Å². The van der Waals surface area contributed by atoms with Crippen LogP contribution in [0.3, 0.4) is 0 Å². The van der Waals surface area contributed by atoms with Crippen LogP contribution in [-0.4, -0.2) is 35.1 Å². The molecule has 0 saturated carbocycles. The summed E-state index contributed by atoms with van der Waals surface area (Å²) < 4.78 is 5.79. The Hall–Kier alpha value is -2.58. The number of anilines is 1. The number of rotatable bonds is 3. The van der Waals surface area contributed by atoms with Crippen LogP contribution in [0.2, 0.25) is 0 Å². The maximum Gasteiger partial charge on any atom is 0.269 e. The first kappa shape index (κ1) is 14.0. The van der Waals surface area contributed by atoms with Crippen molar-refractivity contribution in [2.24, 2.45) is 5.92 Å². The van der Waals surface area contributed by atoms with E-state index in [-0.39, 0.29) is 30.2 Å². The van der Waals surface area contributed by atoms with E-state index in [4.69, 9.17) is 4.74 Å². The van der Waals surface area contributed by atoms with Crippen molar-refractivity contribution in [3.63, 3.8) is 0 Å². The molecule has 8 nitrogen and oxygen atoms in total. The second kappa shape index (κ2) is 4.71. The molecule has 118 valence electrons. The zero-order valence-electron chi connectivity index (χ0n) is 12.0. The average molecular weight is 315 g/mol. The number of hydrogen-bond donors (Lipinski definition) is 1. The highest BCUT2D eigenvalue weighted by Crippen LogP contribution is 2.41. The highest BCUT2D eigenvalue weighted by atomic mass is 16.6. The predicted octanol–water partition coefficient (Wildman–Crippen LogP) is 0.729. The molecule has 4 rings (SSSR count). The van der Waals surface area contributed by atoms with Gasteiger partial charge >= 0.3 is 0 Å². The van der Waals surface area contributed by atoms with Crippen molar-refractivity contribution in [2.75, 3.05) is 11.4 Å². The summed E-state index contributed by atoms with van der Waals surface area (Å²) in [4.78, 5) is 36.3. The molecule has 23 heavy (non-hydrogen) atoms. The van der Waals surface area contributed by atoms with Gasteiger partial charge in [0.25, 0.3) is 5.69 Å². The van der Waals surface area contributed by atoms with E-state index in [2.05, 4.69) is 5.32 Å². The lowest BCUT2D eigenvalue weighted by Gasteiger charge is -2.27. The van der Waals surface area contributed by atoms with E-state index in [1.807, 2.05) is 12.2 Å². The maximum atomic E-state index is 12.7. The minimum Gasteiger partial charge on any atom is -0.347 e. The van der Waals surface area contributed by atoms with Crippen molar-refractivity contribution >= 4 is 23.2 Å². The molecule has 2 fully saturated rings. The number of benzene rings is 1. The lowest BCUT2D eigenvalue weighted by atomic mass is 9.85. The number of amides is 2. The van der Waals surface area contributed by atoms with Crippen LogP contribution in [0.5, 0.6) is 0 Å². The molecule has 3 aliphatic heterocycles. The SMILES string of the molecule is O=C1CC(C23C=CC(NC2)O3)C(=O)N1c1ccc([N+](=O)[O-])cc1. The number of ether oxygens (including phenoxy) is 1. The second-order valence-corrected chi connectivity index (χ2v) is 5.83. The standard InChI is InChI=1S/C15H13N3O5/c19-13-7-11(15-6-5-12(23-15)16-8-15)14(20)17(13)9-1-3-10(4-2-9)18(21)22/h1-6,11-12,16H,7-8H2. The predicted molar refractivity (Wildman–Crippen MR) is 78.4 cm³/mol. The Morgan fingerprint density at radius 2 is 2.04 bits per heavy atom. The van der Waals surface area contributed by atoms with Gasteiger partial charge < -0.3 is 4.74 Å². The molecule has 1 aromatic rings. The van der Waals surface area contributed by atoms with Crippen LogP contribution in [0.4, 0.5) is 11.4 Å². The van der Waals surface area contributed by atoms with E-state index in [1.165, 1.54) is 24.3 Å². The van der Waals surface area contributed by atoms with Gasteiger partial charge in [-0.3, -0.25) is 29.9 Å². The number of carbonyl (C=O) groups is 2. The first-order valence-electron chi connectivity index (χ1n) is 7.22. The van der Waals surface area contributed by atoms with Crippen molar-refractivity contribution in [1.82, 2.24) is 5.32 Å². The molecule has 0 aliphatic carbocycles. The van der Waals surface area contributed by atoms with Gasteiger partial charge in [0.15, 0.2) is 0 Å². The smallest absolute Gasteiger partial charge is 0.269 e. The molecule has 1 aromatic carbocycles. The average Bonchev–Trinajstić information content (AvgIpc) is 3.21. The normalized spacial score (nSPS) is 32.1. The van der Waals surface area contributed by atoms with Crippen LogP contribution in [0.25, 0.3) is 0 Å². The Morgan fingerprint density at radius 1 is 1.30 bits per heavy atom. The van der Waals surface area contributed by atoms with Crippen LogP contribution in [0.15, 0.2) is 36.4 Å². The van der Waals surface area contributed by atoms with Crippen molar-refractivity contribution < 1.29 is 19.2 Å². The Kier molecular flexibility index (Phi) is 2.87. The molecular weight excluding hydrogens is 302 g/mol. The number of nitrogens with zero attached hydrogens (tertiary/aromatic N) is 2. The summed E-state index contributed by atoms with van der Waals surface area (Å²) in [7, 11) is 0. The maximum absolute atomic E-state index is 12.7. The Labute approximate surface area is 130 Å². The van der Waals surface area contributed by atoms with Gasteiger partial charge in [-0.25, -0.2) is 0 Å². The number of nitro groups is 1. The fourth-order valence-electron chi connectivity index (χ4n) is 3.37. The van der Waals surface area contributed by atoms with Gasteiger partial charge in [0, 0.05) is 25.1 Å². The lowest BCUT2D eigenvalue weighted by Crippen LogP contribution is -2.44. The quantitative estimate of drug-likeness (QED) is 0.382. The van der Waals surface area contributed by atoms with Gasteiger partial charge in [0.1, 0.15) is 11.8 Å². The van der Waals surface area contributed by atoms with E-state index >= 15 is 0 Å². The van der Waals surface area contributed by atoms with Crippen LogP contribution < -0.4 is 10.2 Å². The number of fused-ring (bicyclic) bond motifs is 2. The van der Waals surface area contributed by atoms with Crippen LogP contribution in [0.1, 0.15) is 6.42 Å². The third-order valence-corrected chi connectivity index (χ3v) is 4.53. The number of nitro benzene ring substituents is 1.